The number of anilines is 1. The molecule has 3 rings (SSSR count). The molecule has 0 unspecified atom stereocenters. The van der Waals surface area contributed by atoms with Crippen LogP contribution in [0.2, 0.25) is 5.02 Å². The summed E-state index contributed by atoms with van der Waals surface area (Å²) in [5.74, 6) is 0.567. The van der Waals surface area contributed by atoms with Gasteiger partial charge < -0.3 is 4.42 Å². The quantitative estimate of drug-likeness (QED) is 0.770. The minimum absolute atomic E-state index is 0.145. The van der Waals surface area contributed by atoms with E-state index in [1.807, 2.05) is 19.1 Å². The van der Waals surface area contributed by atoms with Crippen molar-refractivity contribution in [3.63, 3.8) is 0 Å². The van der Waals surface area contributed by atoms with Crippen LogP contribution in [0.1, 0.15) is 5.56 Å². The van der Waals surface area contributed by atoms with Crippen molar-refractivity contribution in [3.05, 3.63) is 65.6 Å². The van der Waals surface area contributed by atoms with Gasteiger partial charge in [-0.15, -0.1) is 0 Å². The molecule has 0 spiro atoms. The minimum atomic E-state index is -3.69. The predicted molar refractivity (Wildman–Crippen MR) is 88.9 cm³/mol. The number of rotatable bonds is 4. The molecule has 23 heavy (non-hydrogen) atoms. The van der Waals surface area contributed by atoms with Gasteiger partial charge in [0.1, 0.15) is 0 Å². The minimum Gasteiger partial charge on any atom is -0.444 e. The summed E-state index contributed by atoms with van der Waals surface area (Å²) < 4.78 is 32.8. The molecule has 0 radical (unpaired) electrons. The van der Waals surface area contributed by atoms with Crippen molar-refractivity contribution < 1.29 is 12.8 Å². The first-order valence-electron chi connectivity index (χ1n) is 6.73. The maximum Gasteiger partial charge on any atom is 0.261 e. The number of oxazole rings is 1. The topological polar surface area (TPSA) is 72.2 Å². The van der Waals surface area contributed by atoms with Gasteiger partial charge in [0.2, 0.25) is 0 Å². The third kappa shape index (κ3) is 3.38. The summed E-state index contributed by atoms with van der Waals surface area (Å²) in [6, 6.07) is 11.4. The summed E-state index contributed by atoms with van der Waals surface area (Å²) in [7, 11) is -3.69. The van der Waals surface area contributed by atoms with Crippen LogP contribution in [0.25, 0.3) is 11.3 Å². The van der Waals surface area contributed by atoms with Crippen molar-refractivity contribution >= 4 is 27.3 Å². The van der Waals surface area contributed by atoms with Crippen LogP contribution in [-0.4, -0.2) is 13.4 Å². The third-order valence-electron chi connectivity index (χ3n) is 3.32. The number of sulfonamides is 1. The van der Waals surface area contributed by atoms with Crippen molar-refractivity contribution in [1.82, 2.24) is 4.98 Å². The van der Waals surface area contributed by atoms with Crippen LogP contribution in [0.5, 0.6) is 0 Å². The number of hydrogen-bond acceptors (Lipinski definition) is 4. The van der Waals surface area contributed by atoms with E-state index in [0.29, 0.717) is 16.5 Å². The van der Waals surface area contributed by atoms with Crippen LogP contribution in [0.4, 0.5) is 5.69 Å². The number of aromatic nitrogens is 1. The number of aryl methyl sites for hydroxylation is 1. The Kier molecular flexibility index (Phi) is 4.11. The van der Waals surface area contributed by atoms with E-state index in [0.717, 1.165) is 11.1 Å². The zero-order valence-electron chi connectivity index (χ0n) is 12.2. The highest BCUT2D eigenvalue weighted by atomic mass is 35.5. The Morgan fingerprint density at radius 1 is 1.13 bits per heavy atom. The third-order valence-corrected chi connectivity index (χ3v) is 4.96. The van der Waals surface area contributed by atoms with Crippen LogP contribution >= 0.6 is 11.6 Å². The van der Waals surface area contributed by atoms with Crippen molar-refractivity contribution in [2.24, 2.45) is 0 Å². The average molecular weight is 349 g/mol. The molecule has 3 aromatic rings. The second-order valence-corrected chi connectivity index (χ2v) is 7.07. The van der Waals surface area contributed by atoms with Crippen LogP contribution < -0.4 is 4.72 Å². The lowest BCUT2D eigenvalue weighted by molar-refractivity contribution is 0.572. The number of benzene rings is 2. The smallest absolute Gasteiger partial charge is 0.261 e. The van der Waals surface area contributed by atoms with Crippen LogP contribution in [0.3, 0.4) is 0 Å². The van der Waals surface area contributed by atoms with E-state index in [2.05, 4.69) is 9.71 Å². The lowest BCUT2D eigenvalue weighted by Gasteiger charge is -2.12. The molecule has 7 heteroatoms. The lowest BCUT2D eigenvalue weighted by Crippen LogP contribution is -2.13. The highest BCUT2D eigenvalue weighted by Gasteiger charge is 2.16. The monoisotopic (exact) mass is 348 g/mol. The molecule has 1 N–H and O–H groups in total. The molecule has 0 aliphatic carbocycles. The molecule has 0 aliphatic heterocycles. The Bertz CT molecular complexity index is 920. The molecule has 0 saturated carbocycles. The highest BCUT2D eigenvalue weighted by Crippen LogP contribution is 2.27. The molecule has 0 saturated heterocycles. The summed E-state index contributed by atoms with van der Waals surface area (Å²) in [5.41, 5.74) is 2.02. The Morgan fingerprint density at radius 3 is 2.52 bits per heavy atom. The van der Waals surface area contributed by atoms with E-state index in [9.17, 15) is 8.42 Å². The van der Waals surface area contributed by atoms with E-state index >= 15 is 0 Å². The standard InChI is InChI=1S/C16H13ClN2O3S/c1-11-2-3-12(16-9-18-10-22-16)8-15(11)19-23(20,21)14-6-4-13(17)5-7-14/h2-10,19H,1H3. The lowest BCUT2D eigenvalue weighted by atomic mass is 10.1. The molecule has 0 fully saturated rings. The largest absolute Gasteiger partial charge is 0.444 e. The molecule has 0 atom stereocenters. The first-order chi connectivity index (χ1) is 11.0. The normalized spacial score (nSPS) is 11.4. The molecule has 1 heterocycles. The summed E-state index contributed by atoms with van der Waals surface area (Å²) >= 11 is 5.79. The first-order valence-corrected chi connectivity index (χ1v) is 8.60. The highest BCUT2D eigenvalue weighted by molar-refractivity contribution is 7.92. The van der Waals surface area contributed by atoms with Crippen LogP contribution in [0.15, 0.2) is 64.4 Å². The summed E-state index contributed by atoms with van der Waals surface area (Å²) in [6.45, 7) is 1.82. The average Bonchev–Trinajstić information content (AvgIpc) is 3.04. The fraction of sp³-hybridized carbons (Fsp3) is 0.0625. The fourth-order valence-corrected chi connectivity index (χ4v) is 3.31. The van der Waals surface area contributed by atoms with E-state index in [1.54, 1.807) is 12.3 Å². The first kappa shape index (κ1) is 15.6. The Hall–Kier alpha value is -2.31. The molecular weight excluding hydrogens is 336 g/mol. The molecule has 1 aromatic heterocycles. The zero-order chi connectivity index (χ0) is 16.4. The number of hydrogen-bond donors (Lipinski definition) is 1. The molecular formula is C16H13ClN2O3S. The number of nitrogens with one attached hydrogen (secondary N) is 1. The molecule has 2 aromatic carbocycles. The fourth-order valence-electron chi connectivity index (χ4n) is 2.06. The van der Waals surface area contributed by atoms with Gasteiger partial charge in [0.15, 0.2) is 12.2 Å². The Balaban J connectivity index is 1.96. The van der Waals surface area contributed by atoms with Crippen molar-refractivity contribution in [2.45, 2.75) is 11.8 Å². The summed E-state index contributed by atoms with van der Waals surface area (Å²) in [5, 5.41) is 0.479. The zero-order valence-corrected chi connectivity index (χ0v) is 13.7. The van der Waals surface area contributed by atoms with Crippen LogP contribution in [-0.2, 0) is 10.0 Å². The Labute approximate surface area is 139 Å². The van der Waals surface area contributed by atoms with Gasteiger partial charge in [-0.05, 0) is 42.8 Å². The van der Waals surface area contributed by atoms with Gasteiger partial charge in [0.05, 0.1) is 16.8 Å². The SMILES string of the molecule is Cc1ccc(-c2cnco2)cc1NS(=O)(=O)c1ccc(Cl)cc1. The maximum absolute atomic E-state index is 12.5. The molecule has 118 valence electrons. The molecule has 0 amide bonds. The summed E-state index contributed by atoms with van der Waals surface area (Å²) in [4.78, 5) is 4.01. The van der Waals surface area contributed by atoms with Gasteiger partial charge in [0.25, 0.3) is 10.0 Å². The van der Waals surface area contributed by atoms with E-state index in [4.69, 9.17) is 16.0 Å². The van der Waals surface area contributed by atoms with Gasteiger partial charge in [-0.3, -0.25) is 4.72 Å². The molecule has 0 bridgehead atoms. The number of nitrogens with zero attached hydrogens (tertiary/aromatic N) is 1. The summed E-state index contributed by atoms with van der Waals surface area (Å²) in [6.07, 6.45) is 2.90. The van der Waals surface area contributed by atoms with Crippen molar-refractivity contribution in [2.75, 3.05) is 4.72 Å². The molecule has 0 aliphatic rings. The van der Waals surface area contributed by atoms with Gasteiger partial charge >= 0.3 is 0 Å². The van der Waals surface area contributed by atoms with Gasteiger partial charge in [-0.1, -0.05) is 23.7 Å². The Morgan fingerprint density at radius 2 is 1.87 bits per heavy atom. The van der Waals surface area contributed by atoms with Gasteiger partial charge in [0, 0.05) is 10.6 Å². The van der Waals surface area contributed by atoms with Gasteiger partial charge in [-0.25, -0.2) is 13.4 Å². The second kappa shape index (κ2) is 6.06. The van der Waals surface area contributed by atoms with Gasteiger partial charge in [-0.2, -0.15) is 0 Å². The predicted octanol–water partition coefficient (Wildman–Crippen LogP) is 4.10. The van der Waals surface area contributed by atoms with Crippen molar-refractivity contribution in [3.8, 4) is 11.3 Å². The van der Waals surface area contributed by atoms with E-state index < -0.39 is 10.0 Å². The maximum atomic E-state index is 12.5. The number of halogens is 1. The van der Waals surface area contributed by atoms with Crippen molar-refractivity contribution in [1.29, 1.82) is 0 Å². The molecule has 5 nitrogen and oxygen atoms in total. The van der Waals surface area contributed by atoms with E-state index in [1.165, 1.54) is 30.7 Å². The second-order valence-electron chi connectivity index (χ2n) is 4.95. The van der Waals surface area contributed by atoms with E-state index in [-0.39, 0.29) is 4.90 Å². The van der Waals surface area contributed by atoms with Crippen LogP contribution in [0, 0.1) is 6.92 Å².